The van der Waals surface area contributed by atoms with Gasteiger partial charge in [-0.3, -0.25) is 4.79 Å². The minimum Gasteiger partial charge on any atom is -0.504 e. The normalized spacial score (nSPS) is 9.47. The van der Waals surface area contributed by atoms with Gasteiger partial charge < -0.3 is 9.84 Å². The van der Waals surface area contributed by atoms with Crippen LogP contribution in [0.25, 0.3) is 0 Å². The highest BCUT2D eigenvalue weighted by Crippen LogP contribution is 2.26. The molecule has 0 radical (unpaired) electrons. The quantitative estimate of drug-likeness (QED) is 0.608. The Morgan fingerprint density at radius 1 is 1.47 bits per heavy atom. The second-order valence-corrected chi connectivity index (χ2v) is 3.44. The molecule has 0 unspecified atom stereocenters. The molecule has 0 heterocycles. The van der Waals surface area contributed by atoms with Crippen molar-refractivity contribution in [3.8, 4) is 11.5 Å². The number of carbonyl (C=O) groups is 1. The average Bonchev–Trinajstić information content (AvgIpc) is 2.20. The summed E-state index contributed by atoms with van der Waals surface area (Å²) in [6.45, 7) is 4.35. The van der Waals surface area contributed by atoms with Crippen LogP contribution in [0.5, 0.6) is 11.5 Å². The molecule has 0 amide bonds. The van der Waals surface area contributed by atoms with E-state index in [1.54, 1.807) is 12.1 Å². The highest BCUT2D eigenvalue weighted by atomic mass is 16.5. The summed E-state index contributed by atoms with van der Waals surface area (Å²) in [5.41, 5.74) is 1.58. The highest BCUT2D eigenvalue weighted by molar-refractivity contribution is 5.76. The molecule has 0 saturated heterocycles. The molecule has 1 aromatic rings. The van der Waals surface area contributed by atoms with Crippen LogP contribution in [0.2, 0.25) is 0 Å². The number of carbonyl (C=O) groups excluding carboxylic acids is 1. The highest BCUT2D eigenvalue weighted by Gasteiger charge is 2.02. The van der Waals surface area contributed by atoms with Crippen LogP contribution in [0.3, 0.4) is 0 Å². The van der Waals surface area contributed by atoms with Gasteiger partial charge in [-0.25, -0.2) is 0 Å². The van der Waals surface area contributed by atoms with E-state index in [-0.39, 0.29) is 5.75 Å². The van der Waals surface area contributed by atoms with E-state index >= 15 is 0 Å². The molecule has 3 heteroatoms. The number of ether oxygens (including phenoxy) is 1. The lowest BCUT2D eigenvalue weighted by atomic mass is 10.2. The van der Waals surface area contributed by atoms with Crippen LogP contribution >= 0.6 is 0 Å². The SMILES string of the molecule is CC(C)=CCOc1ccc(C=O)cc1O. The van der Waals surface area contributed by atoms with E-state index in [0.29, 0.717) is 24.2 Å². The fourth-order valence-corrected chi connectivity index (χ4v) is 1.03. The average molecular weight is 206 g/mol. The number of benzene rings is 1. The first-order valence-corrected chi connectivity index (χ1v) is 4.68. The molecule has 1 aromatic carbocycles. The largest absolute Gasteiger partial charge is 0.504 e. The summed E-state index contributed by atoms with van der Waals surface area (Å²) in [5, 5.41) is 9.48. The molecule has 15 heavy (non-hydrogen) atoms. The Morgan fingerprint density at radius 3 is 2.73 bits per heavy atom. The molecule has 1 rings (SSSR count). The van der Waals surface area contributed by atoms with Crippen LogP contribution in [-0.4, -0.2) is 18.0 Å². The number of hydrogen-bond acceptors (Lipinski definition) is 3. The Labute approximate surface area is 89.0 Å². The molecular weight excluding hydrogens is 192 g/mol. The maximum absolute atomic E-state index is 10.4. The molecule has 0 aliphatic rings. The van der Waals surface area contributed by atoms with Crippen molar-refractivity contribution in [3.63, 3.8) is 0 Å². The van der Waals surface area contributed by atoms with Gasteiger partial charge in [0.2, 0.25) is 0 Å². The maximum atomic E-state index is 10.4. The Kier molecular flexibility index (Phi) is 3.92. The molecule has 3 nitrogen and oxygen atoms in total. The number of allylic oxidation sites excluding steroid dienone is 1. The number of aldehydes is 1. The van der Waals surface area contributed by atoms with Crippen molar-refractivity contribution >= 4 is 6.29 Å². The van der Waals surface area contributed by atoms with E-state index in [1.165, 1.54) is 6.07 Å². The number of phenols is 1. The third-order valence-electron chi connectivity index (χ3n) is 1.85. The number of rotatable bonds is 4. The monoisotopic (exact) mass is 206 g/mol. The van der Waals surface area contributed by atoms with E-state index in [4.69, 9.17) is 4.74 Å². The number of phenolic OH excluding ortho intramolecular Hbond substituents is 1. The van der Waals surface area contributed by atoms with E-state index in [9.17, 15) is 9.90 Å². The number of hydrogen-bond donors (Lipinski definition) is 1. The van der Waals surface area contributed by atoms with Crippen molar-refractivity contribution in [2.45, 2.75) is 13.8 Å². The van der Waals surface area contributed by atoms with E-state index in [0.717, 1.165) is 5.57 Å². The summed E-state index contributed by atoms with van der Waals surface area (Å²) >= 11 is 0. The van der Waals surface area contributed by atoms with Crippen molar-refractivity contribution < 1.29 is 14.6 Å². The van der Waals surface area contributed by atoms with Crippen molar-refractivity contribution in [2.24, 2.45) is 0 Å². The molecule has 0 aromatic heterocycles. The number of aromatic hydroxyl groups is 1. The molecule has 0 fully saturated rings. The van der Waals surface area contributed by atoms with Crippen LogP contribution in [-0.2, 0) is 0 Å². The Morgan fingerprint density at radius 2 is 2.20 bits per heavy atom. The fraction of sp³-hybridized carbons (Fsp3) is 0.250. The zero-order valence-electron chi connectivity index (χ0n) is 8.86. The van der Waals surface area contributed by atoms with Crippen molar-refractivity contribution in [1.82, 2.24) is 0 Å². The van der Waals surface area contributed by atoms with Gasteiger partial charge >= 0.3 is 0 Å². The first kappa shape index (κ1) is 11.3. The van der Waals surface area contributed by atoms with Crippen LogP contribution in [0.15, 0.2) is 29.8 Å². The molecule has 0 aliphatic carbocycles. The minimum absolute atomic E-state index is 0.0123. The van der Waals surface area contributed by atoms with Crippen molar-refractivity contribution in [2.75, 3.05) is 6.61 Å². The predicted molar refractivity (Wildman–Crippen MR) is 58.4 cm³/mol. The lowest BCUT2D eigenvalue weighted by Gasteiger charge is -2.06. The summed E-state index contributed by atoms with van der Waals surface area (Å²) in [4.78, 5) is 10.4. The fourth-order valence-electron chi connectivity index (χ4n) is 1.03. The second-order valence-electron chi connectivity index (χ2n) is 3.44. The van der Waals surface area contributed by atoms with Gasteiger partial charge in [-0.15, -0.1) is 0 Å². The van der Waals surface area contributed by atoms with Gasteiger partial charge in [-0.05, 0) is 38.1 Å². The van der Waals surface area contributed by atoms with Gasteiger partial charge in [0.25, 0.3) is 0 Å². The van der Waals surface area contributed by atoms with Gasteiger partial charge in [0.15, 0.2) is 11.5 Å². The molecule has 0 spiro atoms. The van der Waals surface area contributed by atoms with Gasteiger partial charge in [-0.2, -0.15) is 0 Å². The summed E-state index contributed by atoms with van der Waals surface area (Å²) in [5.74, 6) is 0.375. The Bertz CT molecular complexity index is 376. The van der Waals surface area contributed by atoms with Gasteiger partial charge in [-0.1, -0.05) is 5.57 Å². The lowest BCUT2D eigenvalue weighted by Crippen LogP contribution is -1.94. The van der Waals surface area contributed by atoms with Crippen molar-refractivity contribution in [3.05, 3.63) is 35.4 Å². The van der Waals surface area contributed by atoms with Gasteiger partial charge in [0.05, 0.1) is 0 Å². The molecule has 80 valence electrons. The molecule has 0 saturated carbocycles. The van der Waals surface area contributed by atoms with E-state index in [1.807, 2.05) is 19.9 Å². The van der Waals surface area contributed by atoms with Gasteiger partial charge in [0, 0.05) is 5.56 Å². The summed E-state index contributed by atoms with van der Waals surface area (Å²) < 4.78 is 5.30. The lowest BCUT2D eigenvalue weighted by molar-refractivity contribution is 0.112. The van der Waals surface area contributed by atoms with Crippen LogP contribution in [0.4, 0.5) is 0 Å². The summed E-state index contributed by atoms with van der Waals surface area (Å²) in [6.07, 6.45) is 2.59. The second kappa shape index (κ2) is 5.20. The Hall–Kier alpha value is -1.77. The zero-order valence-corrected chi connectivity index (χ0v) is 8.86. The van der Waals surface area contributed by atoms with Crippen LogP contribution in [0.1, 0.15) is 24.2 Å². The summed E-state index contributed by atoms with van der Waals surface area (Å²) in [7, 11) is 0. The van der Waals surface area contributed by atoms with Crippen LogP contribution in [0, 0.1) is 0 Å². The van der Waals surface area contributed by atoms with E-state index in [2.05, 4.69) is 0 Å². The minimum atomic E-state index is -0.0123. The third-order valence-corrected chi connectivity index (χ3v) is 1.85. The predicted octanol–water partition coefficient (Wildman–Crippen LogP) is 2.55. The maximum Gasteiger partial charge on any atom is 0.161 e. The molecule has 0 atom stereocenters. The zero-order chi connectivity index (χ0) is 11.3. The van der Waals surface area contributed by atoms with E-state index < -0.39 is 0 Å². The first-order chi connectivity index (χ1) is 7.13. The standard InChI is InChI=1S/C12H14O3/c1-9(2)5-6-15-12-4-3-10(8-13)7-11(12)14/h3-5,7-8,14H,6H2,1-2H3. The van der Waals surface area contributed by atoms with Gasteiger partial charge in [0.1, 0.15) is 12.9 Å². The topological polar surface area (TPSA) is 46.5 Å². The Balaban J connectivity index is 2.70. The summed E-state index contributed by atoms with van der Waals surface area (Å²) in [6, 6.07) is 4.56. The smallest absolute Gasteiger partial charge is 0.161 e. The van der Waals surface area contributed by atoms with Crippen molar-refractivity contribution in [1.29, 1.82) is 0 Å². The molecule has 0 aliphatic heterocycles. The molecule has 1 N–H and O–H groups in total. The first-order valence-electron chi connectivity index (χ1n) is 4.68. The molecular formula is C12H14O3. The molecule has 0 bridgehead atoms. The van der Waals surface area contributed by atoms with Crippen LogP contribution < -0.4 is 4.74 Å². The third kappa shape index (κ3) is 3.46.